The minimum Gasteiger partial charge on any atom is -0.481 e. The summed E-state index contributed by atoms with van der Waals surface area (Å²) in [6.07, 6.45) is -4.10. The van der Waals surface area contributed by atoms with E-state index in [0.29, 0.717) is 11.3 Å². The van der Waals surface area contributed by atoms with Crippen LogP contribution in [0.3, 0.4) is 0 Å². The van der Waals surface area contributed by atoms with Crippen LogP contribution in [0.1, 0.15) is 27.2 Å². The Hall–Kier alpha value is -1.47. The Morgan fingerprint density at radius 1 is 1.26 bits per heavy atom. The predicted molar refractivity (Wildman–Crippen MR) is 62.7 cm³/mol. The van der Waals surface area contributed by atoms with Gasteiger partial charge in [-0.25, -0.2) is 4.79 Å². The van der Waals surface area contributed by atoms with Crippen LogP contribution in [0.2, 0.25) is 0 Å². The van der Waals surface area contributed by atoms with Crippen LogP contribution >= 0.6 is 0 Å². The van der Waals surface area contributed by atoms with Crippen LogP contribution < -0.4 is 5.32 Å². The van der Waals surface area contributed by atoms with E-state index in [1.807, 2.05) is 0 Å². The lowest BCUT2D eigenvalue weighted by Crippen LogP contribution is -2.48. The molecule has 0 unspecified atom stereocenters. The van der Waals surface area contributed by atoms with E-state index < -0.39 is 30.1 Å². The minimum atomic E-state index is -4.48. The van der Waals surface area contributed by atoms with Crippen molar-refractivity contribution in [1.29, 1.82) is 0 Å². The molecule has 0 fully saturated rings. The Morgan fingerprint density at radius 2 is 1.79 bits per heavy atom. The number of carboxylic acids is 1. The lowest BCUT2D eigenvalue weighted by Gasteiger charge is -2.26. The third kappa shape index (κ3) is 6.88. The molecule has 0 saturated carbocycles. The van der Waals surface area contributed by atoms with Gasteiger partial charge in [-0.2, -0.15) is 13.2 Å². The molecule has 5 nitrogen and oxygen atoms in total. The molecule has 0 bridgehead atoms. The first-order chi connectivity index (χ1) is 8.49. The summed E-state index contributed by atoms with van der Waals surface area (Å²) in [7, 11) is 0. The lowest BCUT2D eigenvalue weighted by atomic mass is 9.94. The van der Waals surface area contributed by atoms with Crippen molar-refractivity contribution in [2.75, 3.05) is 19.6 Å². The number of alkyl halides is 3. The first-order valence-electron chi connectivity index (χ1n) is 5.82. The van der Waals surface area contributed by atoms with Gasteiger partial charge in [-0.05, 0) is 20.3 Å². The van der Waals surface area contributed by atoms with E-state index in [1.54, 1.807) is 6.92 Å². The summed E-state index contributed by atoms with van der Waals surface area (Å²) in [6, 6.07) is -0.909. The van der Waals surface area contributed by atoms with Crippen LogP contribution in [0.15, 0.2) is 0 Å². The van der Waals surface area contributed by atoms with Crippen molar-refractivity contribution in [2.45, 2.75) is 33.4 Å². The monoisotopic (exact) mass is 284 g/mol. The largest absolute Gasteiger partial charge is 0.481 e. The predicted octanol–water partition coefficient (Wildman–Crippen LogP) is 2.08. The number of carboxylic acid groups (broad SMARTS) is 1. The number of urea groups is 1. The standard InChI is InChI=1S/C11H19F3N2O3/c1-4-5-16(7-11(12,13)14)9(19)15-6-10(2,3)8(17)18/h4-7H2,1-3H3,(H,15,19)(H,17,18). The van der Waals surface area contributed by atoms with Gasteiger partial charge < -0.3 is 15.3 Å². The molecule has 0 radical (unpaired) electrons. The Labute approximate surface area is 109 Å². The second kappa shape index (κ2) is 6.63. The zero-order valence-corrected chi connectivity index (χ0v) is 11.2. The van der Waals surface area contributed by atoms with Gasteiger partial charge in [0.1, 0.15) is 6.54 Å². The number of rotatable bonds is 6. The number of nitrogens with one attached hydrogen (secondary N) is 1. The number of carbonyl (C=O) groups is 2. The third-order valence-corrected chi connectivity index (χ3v) is 2.41. The van der Waals surface area contributed by atoms with Crippen molar-refractivity contribution in [3.05, 3.63) is 0 Å². The van der Waals surface area contributed by atoms with Gasteiger partial charge in [-0.15, -0.1) is 0 Å². The van der Waals surface area contributed by atoms with E-state index >= 15 is 0 Å². The van der Waals surface area contributed by atoms with Gasteiger partial charge >= 0.3 is 18.2 Å². The quantitative estimate of drug-likeness (QED) is 0.784. The van der Waals surface area contributed by atoms with Crippen LogP contribution in [-0.4, -0.2) is 47.8 Å². The Morgan fingerprint density at radius 3 is 2.16 bits per heavy atom. The highest BCUT2D eigenvalue weighted by Gasteiger charge is 2.34. The molecule has 8 heteroatoms. The summed E-state index contributed by atoms with van der Waals surface area (Å²) in [5, 5.41) is 11.1. The average molecular weight is 284 g/mol. The smallest absolute Gasteiger partial charge is 0.406 e. The van der Waals surface area contributed by atoms with E-state index in [-0.39, 0.29) is 13.1 Å². The van der Waals surface area contributed by atoms with Crippen LogP contribution in [0.5, 0.6) is 0 Å². The lowest BCUT2D eigenvalue weighted by molar-refractivity contribution is -0.147. The fourth-order valence-corrected chi connectivity index (χ4v) is 1.22. The molecule has 0 aliphatic rings. The fraction of sp³-hybridized carbons (Fsp3) is 0.818. The summed E-state index contributed by atoms with van der Waals surface area (Å²) < 4.78 is 36.8. The highest BCUT2D eigenvalue weighted by atomic mass is 19.4. The van der Waals surface area contributed by atoms with Gasteiger partial charge in [0.05, 0.1) is 5.41 Å². The normalized spacial score (nSPS) is 12.1. The zero-order valence-electron chi connectivity index (χ0n) is 11.2. The van der Waals surface area contributed by atoms with Crippen molar-refractivity contribution >= 4 is 12.0 Å². The number of halogens is 3. The molecular weight excluding hydrogens is 265 g/mol. The van der Waals surface area contributed by atoms with Crippen molar-refractivity contribution in [1.82, 2.24) is 10.2 Å². The molecule has 112 valence electrons. The van der Waals surface area contributed by atoms with Crippen LogP contribution in [0.25, 0.3) is 0 Å². The molecule has 0 saturated heterocycles. The number of carbonyl (C=O) groups excluding carboxylic acids is 1. The maximum absolute atomic E-state index is 12.3. The molecule has 0 aromatic carbocycles. The summed E-state index contributed by atoms with van der Waals surface area (Å²) in [6.45, 7) is 2.78. The number of amides is 2. The van der Waals surface area contributed by atoms with Crippen molar-refractivity contribution in [3.63, 3.8) is 0 Å². The number of hydrogen-bond acceptors (Lipinski definition) is 2. The molecule has 0 aromatic heterocycles. The van der Waals surface area contributed by atoms with Gasteiger partial charge in [0.15, 0.2) is 0 Å². The van der Waals surface area contributed by atoms with Gasteiger partial charge in [0.2, 0.25) is 0 Å². The first-order valence-corrected chi connectivity index (χ1v) is 5.82. The second-order valence-corrected chi connectivity index (χ2v) is 4.88. The topological polar surface area (TPSA) is 69.6 Å². The SMILES string of the molecule is CCCN(CC(F)(F)F)C(=O)NCC(C)(C)C(=O)O. The Balaban J connectivity index is 4.54. The molecule has 0 rings (SSSR count). The molecule has 0 heterocycles. The third-order valence-electron chi connectivity index (χ3n) is 2.41. The van der Waals surface area contributed by atoms with E-state index in [4.69, 9.17) is 5.11 Å². The maximum atomic E-state index is 12.3. The van der Waals surface area contributed by atoms with Crippen molar-refractivity contribution in [3.8, 4) is 0 Å². The van der Waals surface area contributed by atoms with Crippen molar-refractivity contribution in [2.24, 2.45) is 5.41 Å². The first kappa shape index (κ1) is 17.5. The Bertz CT molecular complexity index is 330. The van der Waals surface area contributed by atoms with E-state index in [9.17, 15) is 22.8 Å². The molecule has 2 N–H and O–H groups in total. The molecule has 0 spiro atoms. The number of nitrogens with zero attached hydrogens (tertiary/aromatic N) is 1. The molecule has 2 amide bonds. The van der Waals surface area contributed by atoms with E-state index in [1.165, 1.54) is 13.8 Å². The van der Waals surface area contributed by atoms with Crippen LogP contribution in [0, 0.1) is 5.41 Å². The summed E-state index contributed by atoms with van der Waals surface area (Å²) in [5.74, 6) is -1.13. The Kier molecular flexibility index (Phi) is 6.11. The summed E-state index contributed by atoms with van der Waals surface area (Å²) >= 11 is 0. The van der Waals surface area contributed by atoms with E-state index in [0.717, 1.165) is 0 Å². The van der Waals surface area contributed by atoms with Gasteiger partial charge in [0.25, 0.3) is 0 Å². The average Bonchev–Trinajstić information content (AvgIpc) is 2.23. The molecule has 0 aromatic rings. The van der Waals surface area contributed by atoms with Gasteiger partial charge in [-0.3, -0.25) is 4.79 Å². The molecule has 19 heavy (non-hydrogen) atoms. The molecule has 0 aliphatic heterocycles. The highest BCUT2D eigenvalue weighted by molar-refractivity contribution is 5.77. The molecular formula is C11H19F3N2O3. The molecule has 0 atom stereocenters. The van der Waals surface area contributed by atoms with Crippen LogP contribution in [-0.2, 0) is 4.79 Å². The van der Waals surface area contributed by atoms with E-state index in [2.05, 4.69) is 5.32 Å². The van der Waals surface area contributed by atoms with Crippen LogP contribution in [0.4, 0.5) is 18.0 Å². The zero-order chi connectivity index (χ0) is 15.3. The summed E-state index contributed by atoms with van der Waals surface area (Å²) in [5.41, 5.74) is -1.23. The van der Waals surface area contributed by atoms with Gasteiger partial charge in [0, 0.05) is 13.1 Å². The maximum Gasteiger partial charge on any atom is 0.406 e. The summed E-state index contributed by atoms with van der Waals surface area (Å²) in [4.78, 5) is 23.0. The second-order valence-electron chi connectivity index (χ2n) is 4.88. The van der Waals surface area contributed by atoms with Gasteiger partial charge in [-0.1, -0.05) is 6.92 Å². The number of aliphatic carboxylic acids is 1. The highest BCUT2D eigenvalue weighted by Crippen LogP contribution is 2.17. The van der Waals surface area contributed by atoms with Crippen molar-refractivity contribution < 1.29 is 27.9 Å². The minimum absolute atomic E-state index is 0.0428. The fourth-order valence-electron chi connectivity index (χ4n) is 1.22. The molecule has 0 aliphatic carbocycles. The number of hydrogen-bond donors (Lipinski definition) is 2.